The van der Waals surface area contributed by atoms with Crippen LogP contribution < -0.4 is 10.9 Å². The largest absolute Gasteiger partial charge is 0.306 e. The molecule has 128 valence electrons. The molecule has 1 saturated carbocycles. The van der Waals surface area contributed by atoms with Gasteiger partial charge in [-0.15, -0.1) is 11.3 Å². The van der Waals surface area contributed by atoms with Crippen molar-refractivity contribution < 1.29 is 4.79 Å². The number of carbonyl (C=O) groups excluding carboxylic acids is 1. The van der Waals surface area contributed by atoms with E-state index in [0.717, 1.165) is 18.5 Å². The van der Waals surface area contributed by atoms with E-state index in [9.17, 15) is 9.59 Å². The van der Waals surface area contributed by atoms with Gasteiger partial charge in [0, 0.05) is 23.2 Å². The number of anilines is 1. The summed E-state index contributed by atoms with van der Waals surface area (Å²) in [5, 5.41) is 9.29. The molecule has 25 heavy (non-hydrogen) atoms. The number of hydrogen-bond donors (Lipinski definition) is 2. The second-order valence-electron chi connectivity index (χ2n) is 6.17. The van der Waals surface area contributed by atoms with Crippen LogP contribution in [0.2, 0.25) is 0 Å². The number of amides is 1. The van der Waals surface area contributed by atoms with Crippen LogP contribution in [-0.2, 0) is 0 Å². The van der Waals surface area contributed by atoms with Gasteiger partial charge < -0.3 is 5.32 Å². The number of nitrogens with one attached hydrogen (secondary N) is 2. The van der Waals surface area contributed by atoms with Gasteiger partial charge in [-0.2, -0.15) is 9.78 Å². The average molecular weight is 355 g/mol. The second kappa shape index (κ2) is 5.96. The normalized spacial score (nSPS) is 13.8. The van der Waals surface area contributed by atoms with Crippen molar-refractivity contribution in [3.63, 3.8) is 0 Å². The van der Waals surface area contributed by atoms with Crippen molar-refractivity contribution >= 4 is 23.1 Å². The molecule has 4 rings (SSSR count). The molecule has 0 aliphatic heterocycles. The summed E-state index contributed by atoms with van der Waals surface area (Å²) in [6, 6.07) is 5.45. The van der Waals surface area contributed by atoms with Gasteiger partial charge >= 0.3 is 0 Å². The Morgan fingerprint density at radius 1 is 1.40 bits per heavy atom. The monoisotopic (exact) mass is 355 g/mol. The van der Waals surface area contributed by atoms with E-state index < -0.39 is 0 Å². The number of carbonyl (C=O) groups is 1. The van der Waals surface area contributed by atoms with Crippen LogP contribution in [0.3, 0.4) is 0 Å². The maximum Gasteiger partial charge on any atom is 0.266 e. The first-order valence-electron chi connectivity index (χ1n) is 8.05. The standard InChI is InChI=1S/C17H17N5O2S/c1-9-10(2)18-17(20-15(9)23)22-14(8-12(21-22)11-5-6-11)19-16(24)13-4-3-7-25-13/h3-4,7-8,11H,5-6H2,1-2H3,(H,19,24)(H,18,20,23). The molecule has 1 amide bonds. The number of nitrogens with zero attached hydrogens (tertiary/aromatic N) is 3. The minimum atomic E-state index is -0.207. The van der Waals surface area contributed by atoms with E-state index in [1.54, 1.807) is 19.9 Å². The van der Waals surface area contributed by atoms with Gasteiger partial charge in [-0.05, 0) is 38.1 Å². The molecule has 3 heterocycles. The number of hydrogen-bond acceptors (Lipinski definition) is 5. The third-order valence-electron chi connectivity index (χ3n) is 4.29. The smallest absolute Gasteiger partial charge is 0.266 e. The van der Waals surface area contributed by atoms with Crippen LogP contribution in [0.15, 0.2) is 28.4 Å². The number of rotatable bonds is 4. The molecule has 3 aromatic heterocycles. The highest BCUT2D eigenvalue weighted by Crippen LogP contribution is 2.40. The lowest BCUT2D eigenvalue weighted by atomic mass is 10.3. The zero-order chi connectivity index (χ0) is 17.6. The summed E-state index contributed by atoms with van der Waals surface area (Å²) < 4.78 is 1.51. The Bertz CT molecular complexity index is 999. The van der Waals surface area contributed by atoms with Crippen molar-refractivity contribution in [2.24, 2.45) is 0 Å². The number of aromatic nitrogens is 4. The van der Waals surface area contributed by atoms with Crippen LogP contribution in [0.4, 0.5) is 5.82 Å². The molecule has 0 aromatic carbocycles. The van der Waals surface area contributed by atoms with Gasteiger partial charge in [-0.25, -0.2) is 4.98 Å². The summed E-state index contributed by atoms with van der Waals surface area (Å²) in [7, 11) is 0. The van der Waals surface area contributed by atoms with E-state index in [2.05, 4.69) is 20.4 Å². The van der Waals surface area contributed by atoms with Crippen molar-refractivity contribution in [1.29, 1.82) is 0 Å². The average Bonchev–Trinajstić information content (AvgIpc) is 3.12. The summed E-state index contributed by atoms with van der Waals surface area (Å²) in [4.78, 5) is 32.3. The van der Waals surface area contributed by atoms with Gasteiger partial charge in [0.05, 0.1) is 10.6 Å². The second-order valence-corrected chi connectivity index (χ2v) is 7.12. The minimum absolute atomic E-state index is 0.204. The van der Waals surface area contributed by atoms with Gasteiger partial charge in [0.15, 0.2) is 0 Å². The summed E-state index contributed by atoms with van der Waals surface area (Å²) in [6.07, 6.45) is 2.18. The molecule has 0 spiro atoms. The summed E-state index contributed by atoms with van der Waals surface area (Å²) in [5.74, 6) is 1.02. The third kappa shape index (κ3) is 3.00. The lowest BCUT2D eigenvalue weighted by Crippen LogP contribution is -2.20. The van der Waals surface area contributed by atoms with Crippen LogP contribution in [0.25, 0.3) is 5.95 Å². The summed E-state index contributed by atoms with van der Waals surface area (Å²) in [5.41, 5.74) is 1.91. The van der Waals surface area contributed by atoms with E-state index >= 15 is 0 Å². The molecule has 0 atom stereocenters. The quantitative estimate of drug-likeness (QED) is 0.753. The minimum Gasteiger partial charge on any atom is -0.306 e. The maximum absolute atomic E-state index is 12.4. The predicted octanol–water partition coefficient (Wildman–Crippen LogP) is 2.76. The fraction of sp³-hybridized carbons (Fsp3) is 0.294. The fourth-order valence-corrected chi connectivity index (χ4v) is 3.16. The Hall–Kier alpha value is -2.74. The molecule has 8 heteroatoms. The van der Waals surface area contributed by atoms with Gasteiger partial charge in [-0.1, -0.05) is 6.07 Å². The zero-order valence-electron chi connectivity index (χ0n) is 13.9. The Labute approximate surface area is 147 Å². The Kier molecular flexibility index (Phi) is 3.76. The van der Waals surface area contributed by atoms with E-state index in [0.29, 0.717) is 33.8 Å². The molecule has 3 aromatic rings. The van der Waals surface area contributed by atoms with E-state index in [4.69, 9.17) is 0 Å². The Morgan fingerprint density at radius 3 is 2.84 bits per heavy atom. The SMILES string of the molecule is Cc1nc(-n2nc(C3CC3)cc2NC(=O)c2cccs2)[nH]c(=O)c1C. The predicted molar refractivity (Wildman–Crippen MR) is 95.7 cm³/mol. The van der Waals surface area contributed by atoms with Crippen molar-refractivity contribution in [1.82, 2.24) is 19.7 Å². The zero-order valence-corrected chi connectivity index (χ0v) is 14.7. The molecule has 1 fully saturated rings. The van der Waals surface area contributed by atoms with Crippen molar-refractivity contribution in [2.45, 2.75) is 32.6 Å². The molecule has 2 N–H and O–H groups in total. The van der Waals surface area contributed by atoms with E-state index in [-0.39, 0.29) is 11.5 Å². The van der Waals surface area contributed by atoms with Crippen LogP contribution in [0.5, 0.6) is 0 Å². The molecular formula is C17H17N5O2S. The van der Waals surface area contributed by atoms with Crippen LogP contribution in [0, 0.1) is 13.8 Å². The number of aromatic amines is 1. The first-order chi connectivity index (χ1) is 12.0. The van der Waals surface area contributed by atoms with Gasteiger partial charge in [-0.3, -0.25) is 14.6 Å². The fourth-order valence-electron chi connectivity index (χ4n) is 2.54. The molecular weight excluding hydrogens is 338 g/mol. The van der Waals surface area contributed by atoms with Crippen LogP contribution in [0.1, 0.15) is 45.4 Å². The Balaban J connectivity index is 1.76. The molecule has 0 bridgehead atoms. The molecule has 0 saturated heterocycles. The number of H-pyrrole nitrogens is 1. The highest BCUT2D eigenvalue weighted by atomic mass is 32.1. The first-order valence-corrected chi connectivity index (χ1v) is 8.93. The molecule has 0 unspecified atom stereocenters. The molecule has 0 radical (unpaired) electrons. The maximum atomic E-state index is 12.4. The molecule has 1 aliphatic rings. The van der Waals surface area contributed by atoms with Gasteiger partial charge in [0.2, 0.25) is 5.95 Å². The van der Waals surface area contributed by atoms with Crippen LogP contribution in [-0.4, -0.2) is 25.7 Å². The number of aryl methyl sites for hydroxylation is 1. The highest BCUT2D eigenvalue weighted by molar-refractivity contribution is 7.12. The lowest BCUT2D eigenvalue weighted by molar-refractivity contribution is 0.103. The van der Waals surface area contributed by atoms with Gasteiger partial charge in [0.1, 0.15) is 5.82 Å². The number of thiophene rings is 1. The topological polar surface area (TPSA) is 92.7 Å². The van der Waals surface area contributed by atoms with E-state index in [1.807, 2.05) is 17.5 Å². The van der Waals surface area contributed by atoms with Gasteiger partial charge in [0.25, 0.3) is 11.5 Å². The van der Waals surface area contributed by atoms with Crippen molar-refractivity contribution in [3.05, 3.63) is 55.8 Å². The lowest BCUT2D eigenvalue weighted by Gasteiger charge is -2.08. The summed E-state index contributed by atoms with van der Waals surface area (Å²) in [6.45, 7) is 3.51. The summed E-state index contributed by atoms with van der Waals surface area (Å²) >= 11 is 1.37. The van der Waals surface area contributed by atoms with Crippen LogP contribution >= 0.6 is 11.3 Å². The molecule has 1 aliphatic carbocycles. The third-order valence-corrected chi connectivity index (χ3v) is 5.16. The van der Waals surface area contributed by atoms with Crippen molar-refractivity contribution in [2.75, 3.05) is 5.32 Å². The first kappa shape index (κ1) is 15.8. The molecule has 7 nitrogen and oxygen atoms in total. The Morgan fingerprint density at radius 2 is 2.20 bits per heavy atom. The highest BCUT2D eigenvalue weighted by Gasteiger charge is 2.28. The van der Waals surface area contributed by atoms with E-state index in [1.165, 1.54) is 16.0 Å². The van der Waals surface area contributed by atoms with Crippen molar-refractivity contribution in [3.8, 4) is 5.95 Å².